The second-order valence-corrected chi connectivity index (χ2v) is 4.04. The van der Waals surface area contributed by atoms with Crippen molar-refractivity contribution in [2.75, 3.05) is 0 Å². The van der Waals surface area contributed by atoms with Crippen LogP contribution in [-0.4, -0.2) is 11.0 Å². The number of phenols is 1. The molecule has 0 spiro atoms. The fraction of sp³-hybridized carbons (Fsp3) is 0.500. The van der Waals surface area contributed by atoms with Crippen LogP contribution >= 0.6 is 0 Å². The quantitative estimate of drug-likeness (QED) is 0.810. The van der Waals surface area contributed by atoms with Crippen LogP contribution in [0.15, 0.2) is 24.3 Å². The van der Waals surface area contributed by atoms with Crippen molar-refractivity contribution in [1.82, 2.24) is 0 Å². The maximum Gasteiger partial charge on any atom is 0.248 e. The standard InChI is InChI=1S/C12H15FO2/c13-12(8-2-1-3-9-12)15-11-6-4-10(14)5-7-11/h4-7,14H,1-3,8-9H2. The molecule has 2 rings (SSSR count). The second-order valence-electron chi connectivity index (χ2n) is 4.04. The van der Waals surface area contributed by atoms with Crippen LogP contribution in [-0.2, 0) is 0 Å². The lowest BCUT2D eigenvalue weighted by Gasteiger charge is -2.29. The lowest BCUT2D eigenvalue weighted by Crippen LogP contribution is -2.32. The highest BCUT2D eigenvalue weighted by atomic mass is 19.2. The second kappa shape index (κ2) is 4.09. The first-order chi connectivity index (χ1) is 7.18. The van der Waals surface area contributed by atoms with E-state index in [2.05, 4.69) is 0 Å². The smallest absolute Gasteiger partial charge is 0.248 e. The molecular weight excluding hydrogens is 195 g/mol. The normalized spacial score (nSPS) is 19.8. The average molecular weight is 210 g/mol. The first-order valence-corrected chi connectivity index (χ1v) is 5.35. The summed E-state index contributed by atoms with van der Waals surface area (Å²) < 4.78 is 19.4. The number of aromatic hydroxyl groups is 1. The molecule has 1 fully saturated rings. The van der Waals surface area contributed by atoms with E-state index in [-0.39, 0.29) is 5.75 Å². The van der Waals surface area contributed by atoms with Crippen LogP contribution in [0.3, 0.4) is 0 Å². The van der Waals surface area contributed by atoms with Crippen molar-refractivity contribution in [3.8, 4) is 11.5 Å². The Kier molecular flexibility index (Phi) is 2.80. The van der Waals surface area contributed by atoms with Crippen LogP contribution in [0.5, 0.6) is 11.5 Å². The molecule has 0 unspecified atom stereocenters. The number of rotatable bonds is 2. The zero-order valence-corrected chi connectivity index (χ0v) is 8.58. The molecule has 3 heteroatoms. The minimum absolute atomic E-state index is 0.166. The van der Waals surface area contributed by atoms with Crippen molar-refractivity contribution >= 4 is 0 Å². The van der Waals surface area contributed by atoms with E-state index in [0.29, 0.717) is 18.6 Å². The van der Waals surface area contributed by atoms with E-state index in [1.807, 2.05) is 0 Å². The maximum absolute atomic E-state index is 14.1. The van der Waals surface area contributed by atoms with Gasteiger partial charge in [-0.15, -0.1) is 0 Å². The Hall–Kier alpha value is -1.25. The zero-order valence-electron chi connectivity index (χ0n) is 8.58. The van der Waals surface area contributed by atoms with Crippen molar-refractivity contribution in [2.24, 2.45) is 0 Å². The predicted molar refractivity (Wildman–Crippen MR) is 55.7 cm³/mol. The van der Waals surface area contributed by atoms with Gasteiger partial charge in [-0.1, -0.05) is 6.42 Å². The molecule has 82 valence electrons. The number of alkyl halides is 1. The summed E-state index contributed by atoms with van der Waals surface area (Å²) in [6.45, 7) is 0. The summed E-state index contributed by atoms with van der Waals surface area (Å²) in [6, 6.07) is 6.18. The van der Waals surface area contributed by atoms with E-state index in [4.69, 9.17) is 9.84 Å². The van der Waals surface area contributed by atoms with Crippen LogP contribution < -0.4 is 4.74 Å². The summed E-state index contributed by atoms with van der Waals surface area (Å²) in [6.07, 6.45) is 3.79. The van der Waals surface area contributed by atoms with E-state index in [1.54, 1.807) is 12.1 Å². The Morgan fingerprint density at radius 1 is 1.07 bits per heavy atom. The van der Waals surface area contributed by atoms with Gasteiger partial charge in [-0.2, -0.15) is 4.39 Å². The molecule has 0 heterocycles. The minimum atomic E-state index is -1.50. The van der Waals surface area contributed by atoms with Gasteiger partial charge in [0, 0.05) is 12.8 Å². The summed E-state index contributed by atoms with van der Waals surface area (Å²) in [5.41, 5.74) is 0. The van der Waals surface area contributed by atoms with E-state index in [0.717, 1.165) is 19.3 Å². The minimum Gasteiger partial charge on any atom is -0.508 e. The Bertz CT molecular complexity index is 315. The summed E-state index contributed by atoms with van der Waals surface area (Å²) in [7, 11) is 0. The molecule has 1 saturated carbocycles. The molecule has 1 aliphatic carbocycles. The molecule has 1 N–H and O–H groups in total. The molecule has 0 aromatic heterocycles. The molecule has 1 aliphatic rings. The lowest BCUT2D eigenvalue weighted by molar-refractivity contribution is -0.0895. The first-order valence-electron chi connectivity index (χ1n) is 5.35. The fourth-order valence-corrected chi connectivity index (χ4v) is 1.91. The van der Waals surface area contributed by atoms with Crippen LogP contribution in [0.25, 0.3) is 0 Å². The molecule has 0 saturated heterocycles. The fourth-order valence-electron chi connectivity index (χ4n) is 1.91. The van der Waals surface area contributed by atoms with E-state index in [1.165, 1.54) is 12.1 Å². The summed E-state index contributed by atoms with van der Waals surface area (Å²) in [5.74, 6) is -0.856. The average Bonchev–Trinajstić information content (AvgIpc) is 2.22. The molecule has 1 aromatic rings. The maximum atomic E-state index is 14.1. The van der Waals surface area contributed by atoms with Crippen molar-refractivity contribution in [3.63, 3.8) is 0 Å². The first kappa shape index (κ1) is 10.3. The molecule has 0 bridgehead atoms. The van der Waals surface area contributed by atoms with E-state index >= 15 is 0 Å². The van der Waals surface area contributed by atoms with Crippen LogP contribution in [0.1, 0.15) is 32.1 Å². The topological polar surface area (TPSA) is 29.5 Å². The molecule has 15 heavy (non-hydrogen) atoms. The third kappa shape index (κ3) is 2.61. The number of hydrogen-bond acceptors (Lipinski definition) is 2. The van der Waals surface area contributed by atoms with Gasteiger partial charge >= 0.3 is 0 Å². The molecule has 0 radical (unpaired) electrons. The molecule has 0 atom stereocenters. The van der Waals surface area contributed by atoms with Crippen LogP contribution in [0.2, 0.25) is 0 Å². The Labute approximate surface area is 88.7 Å². The Morgan fingerprint density at radius 2 is 1.67 bits per heavy atom. The number of hydrogen-bond donors (Lipinski definition) is 1. The van der Waals surface area contributed by atoms with Gasteiger partial charge in [-0.3, -0.25) is 0 Å². The van der Waals surface area contributed by atoms with Crippen molar-refractivity contribution < 1.29 is 14.2 Å². The summed E-state index contributed by atoms with van der Waals surface area (Å²) >= 11 is 0. The highest BCUT2D eigenvalue weighted by molar-refractivity contribution is 5.30. The number of phenolic OH excluding ortho intramolecular Hbond substituents is 1. The SMILES string of the molecule is Oc1ccc(OC2(F)CCCCC2)cc1. The molecular formula is C12H15FO2. The van der Waals surface area contributed by atoms with Gasteiger partial charge in [-0.25, -0.2) is 0 Å². The van der Waals surface area contributed by atoms with Gasteiger partial charge in [0.15, 0.2) is 0 Å². The van der Waals surface area contributed by atoms with Gasteiger partial charge in [-0.05, 0) is 37.1 Å². The van der Waals surface area contributed by atoms with Crippen molar-refractivity contribution in [3.05, 3.63) is 24.3 Å². The van der Waals surface area contributed by atoms with Crippen molar-refractivity contribution in [1.29, 1.82) is 0 Å². The highest BCUT2D eigenvalue weighted by Crippen LogP contribution is 2.34. The van der Waals surface area contributed by atoms with Crippen molar-refractivity contribution in [2.45, 2.75) is 38.0 Å². The molecule has 2 nitrogen and oxygen atoms in total. The van der Waals surface area contributed by atoms with Gasteiger partial charge in [0.2, 0.25) is 5.85 Å². The Balaban J connectivity index is 2.03. The monoisotopic (exact) mass is 210 g/mol. The third-order valence-corrected chi connectivity index (χ3v) is 2.74. The van der Waals surface area contributed by atoms with Gasteiger partial charge < -0.3 is 9.84 Å². The van der Waals surface area contributed by atoms with Gasteiger partial charge in [0.05, 0.1) is 0 Å². The summed E-state index contributed by atoms with van der Waals surface area (Å²) in [4.78, 5) is 0. The third-order valence-electron chi connectivity index (χ3n) is 2.74. The van der Waals surface area contributed by atoms with E-state index < -0.39 is 5.85 Å². The molecule has 1 aromatic carbocycles. The van der Waals surface area contributed by atoms with Gasteiger partial charge in [0.1, 0.15) is 11.5 Å². The Morgan fingerprint density at radius 3 is 2.27 bits per heavy atom. The summed E-state index contributed by atoms with van der Waals surface area (Å²) in [5, 5.41) is 9.08. The zero-order chi connectivity index (χ0) is 10.7. The van der Waals surface area contributed by atoms with Gasteiger partial charge in [0.25, 0.3) is 0 Å². The number of benzene rings is 1. The number of ether oxygens (including phenoxy) is 1. The number of halogens is 1. The van der Waals surface area contributed by atoms with Crippen LogP contribution in [0.4, 0.5) is 4.39 Å². The molecule has 0 amide bonds. The predicted octanol–water partition coefficient (Wildman–Crippen LogP) is 3.40. The lowest BCUT2D eigenvalue weighted by atomic mass is 9.95. The van der Waals surface area contributed by atoms with Crippen LogP contribution in [0, 0.1) is 0 Å². The molecule has 0 aliphatic heterocycles. The highest BCUT2D eigenvalue weighted by Gasteiger charge is 2.33. The largest absolute Gasteiger partial charge is 0.508 e. The van der Waals surface area contributed by atoms with E-state index in [9.17, 15) is 4.39 Å².